The highest BCUT2D eigenvalue weighted by molar-refractivity contribution is 5.82. The number of aryl methyl sites for hydroxylation is 1. The lowest BCUT2D eigenvalue weighted by atomic mass is 10.1. The van der Waals surface area contributed by atoms with E-state index in [1.54, 1.807) is 13.0 Å². The van der Waals surface area contributed by atoms with Crippen molar-refractivity contribution < 1.29 is 23.1 Å². The molecule has 0 saturated carbocycles. The van der Waals surface area contributed by atoms with Crippen molar-refractivity contribution in [2.75, 3.05) is 19.8 Å². The first-order valence-corrected chi connectivity index (χ1v) is 7.71. The first-order valence-electron chi connectivity index (χ1n) is 7.71. The monoisotopic (exact) mass is 334 g/mol. The molecule has 1 atom stereocenters. The van der Waals surface area contributed by atoms with Crippen LogP contribution < -0.4 is 10.6 Å². The minimum absolute atomic E-state index is 0.239. The maximum atomic E-state index is 13.4. The molecule has 0 radical (unpaired) electrons. The van der Waals surface area contributed by atoms with Crippen molar-refractivity contribution in [3.63, 3.8) is 0 Å². The molecule has 24 heavy (non-hydrogen) atoms. The highest BCUT2D eigenvalue weighted by atomic mass is 19.1. The molecule has 1 aliphatic rings. The van der Waals surface area contributed by atoms with Crippen LogP contribution in [0.4, 0.5) is 9.18 Å². The van der Waals surface area contributed by atoms with Crippen molar-refractivity contribution in [1.82, 2.24) is 10.6 Å². The number of urea groups is 1. The van der Waals surface area contributed by atoms with E-state index in [0.29, 0.717) is 35.7 Å². The van der Waals surface area contributed by atoms with Gasteiger partial charge in [0.1, 0.15) is 42.4 Å². The Morgan fingerprint density at radius 2 is 2.21 bits per heavy atom. The molecular formula is C17H19FN2O4. The van der Waals surface area contributed by atoms with Gasteiger partial charge >= 0.3 is 6.03 Å². The van der Waals surface area contributed by atoms with E-state index in [4.69, 9.17) is 13.9 Å². The summed E-state index contributed by atoms with van der Waals surface area (Å²) >= 11 is 0. The number of halogens is 1. The number of ether oxygens (including phenoxy) is 2. The molecule has 0 spiro atoms. The van der Waals surface area contributed by atoms with Crippen molar-refractivity contribution in [1.29, 1.82) is 0 Å². The predicted octanol–water partition coefficient (Wildman–Crippen LogP) is 3.13. The van der Waals surface area contributed by atoms with Crippen LogP contribution in [0.15, 0.2) is 34.6 Å². The lowest BCUT2D eigenvalue weighted by molar-refractivity contribution is 0.0816. The van der Waals surface area contributed by atoms with Crippen LogP contribution in [-0.4, -0.2) is 25.8 Å². The normalized spacial score (nSPS) is 15.2. The van der Waals surface area contributed by atoms with E-state index >= 15 is 0 Å². The lowest BCUT2D eigenvalue weighted by Crippen LogP contribution is -2.38. The summed E-state index contributed by atoms with van der Waals surface area (Å²) in [5.74, 6) is 0.848. The van der Waals surface area contributed by atoms with Gasteiger partial charge in [-0.15, -0.1) is 0 Å². The fourth-order valence-corrected chi connectivity index (χ4v) is 2.61. The number of carbonyl (C=O) groups is 1. The maximum Gasteiger partial charge on any atom is 0.315 e. The van der Waals surface area contributed by atoms with Crippen LogP contribution in [0, 0.1) is 12.7 Å². The van der Waals surface area contributed by atoms with Gasteiger partial charge in [0.25, 0.3) is 0 Å². The Morgan fingerprint density at radius 3 is 2.96 bits per heavy atom. The zero-order chi connectivity index (χ0) is 17.1. The minimum atomic E-state index is -0.363. The third kappa shape index (κ3) is 3.45. The number of hydrogen-bond acceptors (Lipinski definition) is 4. The second-order valence-electron chi connectivity index (χ2n) is 5.58. The Labute approximate surface area is 138 Å². The Balaban J connectivity index is 1.64. The molecule has 1 unspecified atom stereocenters. The molecule has 1 aromatic carbocycles. The third-order valence-corrected chi connectivity index (χ3v) is 3.80. The second-order valence-corrected chi connectivity index (χ2v) is 5.58. The molecule has 1 aromatic heterocycles. The molecule has 0 aliphatic carbocycles. The fraction of sp³-hybridized carbons (Fsp3) is 0.353. The molecule has 128 valence electrons. The van der Waals surface area contributed by atoms with Gasteiger partial charge in [0.2, 0.25) is 0 Å². The summed E-state index contributed by atoms with van der Waals surface area (Å²) in [4.78, 5) is 12.0. The number of furan rings is 1. The number of hydrogen-bond donors (Lipinski definition) is 2. The molecule has 2 heterocycles. The summed E-state index contributed by atoms with van der Waals surface area (Å²) in [7, 11) is 0. The van der Waals surface area contributed by atoms with E-state index in [2.05, 4.69) is 10.6 Å². The van der Waals surface area contributed by atoms with Gasteiger partial charge in [0.15, 0.2) is 0 Å². The molecule has 0 bridgehead atoms. The summed E-state index contributed by atoms with van der Waals surface area (Å²) in [5.41, 5.74) is 1.40. The average Bonchev–Trinajstić information content (AvgIpc) is 2.90. The van der Waals surface area contributed by atoms with E-state index in [9.17, 15) is 9.18 Å². The quantitative estimate of drug-likeness (QED) is 0.901. The Hall–Kier alpha value is -2.70. The molecule has 1 aliphatic heterocycles. The standard InChI is InChI=1S/C17H19FN2O4/c1-10-14-7-12(18)3-4-15(14)24-16(10)11(2)20-17(21)19-8-13-9-22-5-6-23-13/h3-4,7,9,11H,5-6,8H2,1-2H3,(H2,19,20,21). The van der Waals surface area contributed by atoms with E-state index in [-0.39, 0.29) is 24.4 Å². The molecule has 2 amide bonds. The number of benzene rings is 1. The Bertz CT molecular complexity index is 784. The molecule has 3 rings (SSSR count). The molecule has 0 saturated heterocycles. The smallest absolute Gasteiger partial charge is 0.315 e. The molecule has 6 nitrogen and oxygen atoms in total. The van der Waals surface area contributed by atoms with Crippen LogP contribution in [-0.2, 0) is 9.47 Å². The van der Waals surface area contributed by atoms with Gasteiger partial charge in [-0.05, 0) is 32.0 Å². The highest BCUT2D eigenvalue weighted by Gasteiger charge is 2.19. The zero-order valence-corrected chi connectivity index (χ0v) is 13.5. The second kappa shape index (κ2) is 6.82. The fourth-order valence-electron chi connectivity index (χ4n) is 2.61. The van der Waals surface area contributed by atoms with Gasteiger partial charge < -0.3 is 24.5 Å². The summed E-state index contributed by atoms with van der Waals surface area (Å²) in [6.45, 7) is 4.87. The number of nitrogens with one attached hydrogen (secondary N) is 2. The molecule has 7 heteroatoms. The van der Waals surface area contributed by atoms with Crippen LogP contribution in [0.3, 0.4) is 0 Å². The maximum absolute atomic E-state index is 13.4. The van der Waals surface area contributed by atoms with Crippen molar-refractivity contribution in [2.24, 2.45) is 0 Å². The van der Waals surface area contributed by atoms with E-state index < -0.39 is 0 Å². The average molecular weight is 334 g/mol. The first kappa shape index (κ1) is 16.2. The lowest BCUT2D eigenvalue weighted by Gasteiger charge is -2.17. The van der Waals surface area contributed by atoms with Crippen molar-refractivity contribution in [3.05, 3.63) is 47.4 Å². The van der Waals surface area contributed by atoms with Gasteiger partial charge in [0, 0.05) is 10.9 Å². The van der Waals surface area contributed by atoms with E-state index in [0.717, 1.165) is 5.56 Å². The van der Waals surface area contributed by atoms with Gasteiger partial charge in [-0.1, -0.05) is 0 Å². The van der Waals surface area contributed by atoms with Crippen LogP contribution in [0.1, 0.15) is 24.3 Å². The van der Waals surface area contributed by atoms with Crippen LogP contribution in [0.5, 0.6) is 0 Å². The molecule has 2 aromatic rings. The van der Waals surface area contributed by atoms with Gasteiger partial charge in [-0.3, -0.25) is 0 Å². The minimum Gasteiger partial charge on any atom is -0.494 e. The van der Waals surface area contributed by atoms with Crippen molar-refractivity contribution in [2.45, 2.75) is 19.9 Å². The third-order valence-electron chi connectivity index (χ3n) is 3.80. The summed E-state index contributed by atoms with van der Waals surface area (Å²) in [6.07, 6.45) is 1.49. The van der Waals surface area contributed by atoms with E-state index in [1.807, 2.05) is 6.92 Å². The number of amides is 2. The zero-order valence-electron chi connectivity index (χ0n) is 13.5. The van der Waals surface area contributed by atoms with E-state index in [1.165, 1.54) is 18.4 Å². The topological polar surface area (TPSA) is 72.7 Å². The SMILES string of the molecule is Cc1c(C(C)NC(=O)NCC2=COCCO2)oc2ccc(F)cc12. The van der Waals surface area contributed by atoms with Crippen LogP contribution in [0.25, 0.3) is 11.0 Å². The van der Waals surface area contributed by atoms with Crippen LogP contribution >= 0.6 is 0 Å². The summed E-state index contributed by atoms with van der Waals surface area (Å²) in [5, 5.41) is 6.19. The Kier molecular flexibility index (Phi) is 4.59. The molecular weight excluding hydrogens is 315 g/mol. The number of fused-ring (bicyclic) bond motifs is 1. The van der Waals surface area contributed by atoms with Crippen molar-refractivity contribution in [3.8, 4) is 0 Å². The van der Waals surface area contributed by atoms with Crippen LogP contribution in [0.2, 0.25) is 0 Å². The highest BCUT2D eigenvalue weighted by Crippen LogP contribution is 2.29. The van der Waals surface area contributed by atoms with Gasteiger partial charge in [-0.25, -0.2) is 9.18 Å². The molecule has 2 N–H and O–H groups in total. The number of carbonyl (C=O) groups excluding carboxylic acids is 1. The Morgan fingerprint density at radius 1 is 1.38 bits per heavy atom. The predicted molar refractivity (Wildman–Crippen MR) is 85.8 cm³/mol. The first-order chi connectivity index (χ1) is 11.5. The summed E-state index contributed by atoms with van der Waals surface area (Å²) in [6, 6.07) is 3.64. The van der Waals surface area contributed by atoms with Gasteiger partial charge in [-0.2, -0.15) is 0 Å². The number of rotatable bonds is 4. The van der Waals surface area contributed by atoms with Crippen molar-refractivity contribution >= 4 is 17.0 Å². The molecule has 0 fully saturated rings. The largest absolute Gasteiger partial charge is 0.494 e. The van der Waals surface area contributed by atoms with Gasteiger partial charge in [0.05, 0.1) is 12.6 Å². The summed E-state index contributed by atoms with van der Waals surface area (Å²) < 4.78 is 29.6.